The molecule has 1 aromatic heterocycles. The number of rotatable bonds is 4. The van der Waals surface area contributed by atoms with Crippen LogP contribution in [0.2, 0.25) is 0 Å². The quantitative estimate of drug-likeness (QED) is 0.448. The molecule has 0 amide bonds. The molecule has 6 nitrogen and oxygen atoms in total. The van der Waals surface area contributed by atoms with Crippen LogP contribution in [0.3, 0.4) is 0 Å². The van der Waals surface area contributed by atoms with Crippen LogP contribution >= 0.6 is 0 Å². The van der Waals surface area contributed by atoms with E-state index >= 15 is 0 Å². The number of aldehydes is 1. The van der Waals surface area contributed by atoms with E-state index in [1.54, 1.807) is 0 Å². The smallest absolute Gasteiger partial charge is 0.340 e. The number of methoxy groups -OCH3 is 1. The summed E-state index contributed by atoms with van der Waals surface area (Å²) in [6.07, 6.45) is -2.26. The second kappa shape index (κ2) is 4.60. The summed E-state index contributed by atoms with van der Waals surface area (Å²) in [5, 5.41) is 10.6. The molecule has 16 heavy (non-hydrogen) atoms. The number of hydrogen-bond donors (Lipinski definition) is 0. The molecular weight excluding hydrogens is 226 g/mol. The Balaban J connectivity index is 3.59. The number of aromatic nitrogens is 1. The van der Waals surface area contributed by atoms with E-state index in [2.05, 4.69) is 9.72 Å². The standard InChI is InChI=1S/C8H6F2N2O4/c1-16-8-6(12(14)15)5(7(9)10)4(3-13)2-11-8/h2-3,7H,1H3. The normalized spacial score (nSPS) is 10.2. The number of carbonyl (C=O) groups excluding carboxylic acids is 1. The summed E-state index contributed by atoms with van der Waals surface area (Å²) >= 11 is 0. The average molecular weight is 232 g/mol. The fraction of sp³-hybridized carbons (Fsp3) is 0.250. The Morgan fingerprint density at radius 3 is 2.62 bits per heavy atom. The molecule has 0 saturated carbocycles. The van der Waals surface area contributed by atoms with Gasteiger partial charge in [-0.25, -0.2) is 13.8 Å². The lowest BCUT2D eigenvalue weighted by Gasteiger charge is -2.07. The second-order valence-electron chi connectivity index (χ2n) is 2.66. The highest BCUT2D eigenvalue weighted by molar-refractivity contribution is 5.80. The third kappa shape index (κ3) is 1.95. The van der Waals surface area contributed by atoms with Gasteiger partial charge in [0.2, 0.25) is 0 Å². The fourth-order valence-corrected chi connectivity index (χ4v) is 1.16. The van der Waals surface area contributed by atoms with Gasteiger partial charge in [-0.1, -0.05) is 0 Å². The molecule has 1 aromatic rings. The van der Waals surface area contributed by atoms with Crippen LogP contribution in [0.5, 0.6) is 5.88 Å². The van der Waals surface area contributed by atoms with Crippen molar-refractivity contribution in [3.8, 4) is 5.88 Å². The van der Waals surface area contributed by atoms with E-state index in [0.717, 1.165) is 13.3 Å². The Bertz CT molecular complexity index is 436. The minimum atomic E-state index is -3.16. The number of ether oxygens (including phenoxy) is 1. The van der Waals surface area contributed by atoms with E-state index in [1.807, 2.05) is 0 Å². The van der Waals surface area contributed by atoms with Crippen LogP contribution in [0.15, 0.2) is 6.20 Å². The number of nitrogens with zero attached hydrogens (tertiary/aromatic N) is 2. The molecule has 0 bridgehead atoms. The molecule has 0 unspecified atom stereocenters. The van der Waals surface area contributed by atoms with Crippen LogP contribution in [0, 0.1) is 10.1 Å². The number of pyridine rings is 1. The molecule has 0 saturated heterocycles. The van der Waals surface area contributed by atoms with Gasteiger partial charge in [0, 0.05) is 11.8 Å². The molecule has 0 aromatic carbocycles. The van der Waals surface area contributed by atoms with Gasteiger partial charge in [0.1, 0.15) is 5.56 Å². The Morgan fingerprint density at radius 2 is 2.25 bits per heavy atom. The van der Waals surface area contributed by atoms with Crippen molar-refractivity contribution in [2.24, 2.45) is 0 Å². The second-order valence-corrected chi connectivity index (χ2v) is 2.66. The molecule has 0 fully saturated rings. The molecule has 0 aliphatic carbocycles. The first-order valence-electron chi connectivity index (χ1n) is 3.97. The van der Waals surface area contributed by atoms with E-state index in [4.69, 9.17) is 0 Å². The summed E-state index contributed by atoms with van der Waals surface area (Å²) in [7, 11) is 1.06. The van der Waals surface area contributed by atoms with E-state index in [0.29, 0.717) is 0 Å². The van der Waals surface area contributed by atoms with Crippen LogP contribution in [0.4, 0.5) is 14.5 Å². The van der Waals surface area contributed by atoms with Crippen molar-refractivity contribution in [3.05, 3.63) is 27.4 Å². The maximum absolute atomic E-state index is 12.6. The van der Waals surface area contributed by atoms with E-state index in [1.165, 1.54) is 0 Å². The van der Waals surface area contributed by atoms with Gasteiger partial charge in [0.25, 0.3) is 12.3 Å². The zero-order valence-corrected chi connectivity index (χ0v) is 8.02. The summed E-state index contributed by atoms with van der Waals surface area (Å²) in [5.74, 6) is -0.550. The molecule has 0 N–H and O–H groups in total. The minimum absolute atomic E-state index is 0.0843. The Labute approximate surface area is 88.0 Å². The summed E-state index contributed by atoms with van der Waals surface area (Å²) < 4.78 is 29.7. The summed E-state index contributed by atoms with van der Waals surface area (Å²) in [4.78, 5) is 23.4. The molecular formula is C8H6F2N2O4. The van der Waals surface area contributed by atoms with Crippen LogP contribution in [0.25, 0.3) is 0 Å². The Hall–Kier alpha value is -2.12. The van der Waals surface area contributed by atoms with E-state index in [-0.39, 0.29) is 6.29 Å². The largest absolute Gasteiger partial charge is 0.476 e. The van der Waals surface area contributed by atoms with Crippen LogP contribution in [-0.2, 0) is 0 Å². The SMILES string of the molecule is COc1ncc(C=O)c(C(F)F)c1[N+](=O)[O-]. The molecule has 1 heterocycles. The zero-order valence-electron chi connectivity index (χ0n) is 8.02. The molecule has 8 heteroatoms. The third-order valence-electron chi connectivity index (χ3n) is 1.81. The van der Waals surface area contributed by atoms with Gasteiger partial charge < -0.3 is 4.74 Å². The molecule has 0 aliphatic rings. The summed E-state index contributed by atoms with van der Waals surface area (Å²) in [6, 6.07) is 0. The van der Waals surface area contributed by atoms with Gasteiger partial charge in [-0.3, -0.25) is 14.9 Å². The molecule has 0 spiro atoms. The first-order valence-corrected chi connectivity index (χ1v) is 3.97. The maximum Gasteiger partial charge on any atom is 0.340 e. The van der Waals surface area contributed by atoms with Gasteiger partial charge in [0.05, 0.1) is 12.0 Å². The monoisotopic (exact) mass is 232 g/mol. The highest BCUT2D eigenvalue weighted by Crippen LogP contribution is 2.36. The zero-order chi connectivity index (χ0) is 12.3. The summed E-state index contributed by atoms with van der Waals surface area (Å²) in [5.41, 5.74) is -2.49. The number of nitro groups is 1. The summed E-state index contributed by atoms with van der Waals surface area (Å²) in [6.45, 7) is 0. The number of hydrogen-bond acceptors (Lipinski definition) is 5. The number of carbonyl (C=O) groups is 1. The van der Waals surface area contributed by atoms with Gasteiger partial charge in [0.15, 0.2) is 6.29 Å². The molecule has 1 rings (SSSR count). The molecule has 86 valence electrons. The van der Waals surface area contributed by atoms with Crippen molar-refractivity contribution in [2.75, 3.05) is 7.11 Å². The van der Waals surface area contributed by atoms with Crippen molar-refractivity contribution in [3.63, 3.8) is 0 Å². The predicted molar refractivity (Wildman–Crippen MR) is 47.8 cm³/mol. The van der Waals surface area contributed by atoms with Crippen LogP contribution < -0.4 is 4.74 Å². The molecule has 0 radical (unpaired) electrons. The van der Waals surface area contributed by atoms with Crippen LogP contribution in [-0.4, -0.2) is 23.3 Å². The minimum Gasteiger partial charge on any atom is -0.476 e. The van der Waals surface area contributed by atoms with Gasteiger partial charge in [-0.05, 0) is 0 Å². The number of alkyl halides is 2. The third-order valence-corrected chi connectivity index (χ3v) is 1.81. The Kier molecular flexibility index (Phi) is 3.44. The highest BCUT2D eigenvalue weighted by atomic mass is 19.3. The van der Waals surface area contributed by atoms with Crippen molar-refractivity contribution >= 4 is 12.0 Å². The van der Waals surface area contributed by atoms with Gasteiger partial charge >= 0.3 is 5.69 Å². The Morgan fingerprint density at radius 1 is 1.62 bits per heavy atom. The predicted octanol–water partition coefficient (Wildman–Crippen LogP) is 1.75. The molecule has 0 aliphatic heterocycles. The average Bonchev–Trinajstić information content (AvgIpc) is 2.26. The first-order chi connectivity index (χ1) is 7.52. The van der Waals surface area contributed by atoms with Crippen molar-refractivity contribution in [1.82, 2.24) is 4.98 Å². The van der Waals surface area contributed by atoms with Crippen molar-refractivity contribution < 1.29 is 23.2 Å². The van der Waals surface area contributed by atoms with E-state index in [9.17, 15) is 23.7 Å². The van der Waals surface area contributed by atoms with Crippen molar-refractivity contribution in [1.29, 1.82) is 0 Å². The highest BCUT2D eigenvalue weighted by Gasteiger charge is 2.31. The first kappa shape index (κ1) is 12.0. The van der Waals surface area contributed by atoms with Gasteiger partial charge in [-0.15, -0.1) is 0 Å². The van der Waals surface area contributed by atoms with Crippen LogP contribution in [0.1, 0.15) is 22.3 Å². The van der Waals surface area contributed by atoms with Gasteiger partial charge in [-0.2, -0.15) is 0 Å². The lowest BCUT2D eigenvalue weighted by atomic mass is 10.1. The maximum atomic E-state index is 12.6. The fourth-order valence-electron chi connectivity index (χ4n) is 1.16. The molecule has 0 atom stereocenters. The lowest BCUT2D eigenvalue weighted by molar-refractivity contribution is -0.387. The van der Waals surface area contributed by atoms with E-state index < -0.39 is 34.0 Å². The van der Waals surface area contributed by atoms with Crippen molar-refractivity contribution in [2.45, 2.75) is 6.43 Å². The number of halogens is 2. The topological polar surface area (TPSA) is 82.3 Å². The lowest BCUT2D eigenvalue weighted by Crippen LogP contribution is -2.05.